The van der Waals surface area contributed by atoms with Crippen LogP contribution >= 0.6 is 0 Å². The highest BCUT2D eigenvalue weighted by molar-refractivity contribution is 5.97. The fourth-order valence-corrected chi connectivity index (χ4v) is 7.44. The van der Waals surface area contributed by atoms with Crippen LogP contribution in [0.4, 0.5) is 0 Å². The number of ether oxygens (including phenoxy) is 1. The Hall–Kier alpha value is -5.79. The van der Waals surface area contributed by atoms with Crippen molar-refractivity contribution >= 4 is 53.3 Å². The second-order valence-corrected chi connectivity index (χ2v) is 16.5. The van der Waals surface area contributed by atoms with E-state index in [1.807, 2.05) is 4.90 Å². The number of aliphatic imine (C=N–C) groups is 1. The van der Waals surface area contributed by atoms with Crippen molar-refractivity contribution in [2.45, 2.75) is 115 Å². The molecule has 1 saturated carbocycles. The predicted octanol–water partition coefficient (Wildman–Crippen LogP) is -0.256. The number of hydrogen-bond acceptors (Lipinski definition) is 10. The Morgan fingerprint density at radius 3 is 1.94 bits per heavy atom. The van der Waals surface area contributed by atoms with Crippen LogP contribution in [0.25, 0.3) is 0 Å². The van der Waals surface area contributed by atoms with Crippen LogP contribution in [0.2, 0.25) is 0 Å². The molecule has 1 saturated heterocycles. The third-order valence-electron chi connectivity index (χ3n) is 10.6. The Labute approximate surface area is 362 Å². The largest absolute Gasteiger partial charge is 0.481 e. The smallest absolute Gasteiger partial charge is 0.326 e. The van der Waals surface area contributed by atoms with Crippen molar-refractivity contribution in [1.29, 1.82) is 0 Å². The van der Waals surface area contributed by atoms with Crippen LogP contribution in [-0.2, 0) is 49.5 Å². The monoisotopic (exact) mass is 871 g/mol. The highest BCUT2D eigenvalue weighted by Crippen LogP contribution is 2.27. The first-order valence-electron chi connectivity index (χ1n) is 21.3. The zero-order valence-corrected chi connectivity index (χ0v) is 36.2. The van der Waals surface area contributed by atoms with Crippen molar-refractivity contribution in [2.24, 2.45) is 22.6 Å². The van der Waals surface area contributed by atoms with Crippen LogP contribution in [0, 0.1) is 11.8 Å². The molecule has 2 fully saturated rings. The Kier molecular flexibility index (Phi) is 21.1. The molecule has 0 spiro atoms. The number of carboxylic acids is 2. The molecular formula is C42H65N9O11. The van der Waals surface area contributed by atoms with E-state index in [9.17, 15) is 48.6 Å². The number of nitrogens with two attached hydrogens (primary N) is 1. The molecule has 0 bridgehead atoms. The number of carbonyl (C=O) groups excluding carboxylic acids is 6. The minimum Gasteiger partial charge on any atom is -0.481 e. The molecule has 2 aliphatic rings. The maximum Gasteiger partial charge on any atom is 0.326 e. The van der Waals surface area contributed by atoms with Gasteiger partial charge >= 0.3 is 11.9 Å². The normalized spacial score (nSPS) is 17.0. The molecule has 62 heavy (non-hydrogen) atoms. The van der Waals surface area contributed by atoms with Gasteiger partial charge in [-0.1, -0.05) is 76.3 Å². The van der Waals surface area contributed by atoms with Crippen molar-refractivity contribution < 1.29 is 53.3 Å². The van der Waals surface area contributed by atoms with Crippen molar-refractivity contribution in [3.05, 3.63) is 35.9 Å². The van der Waals surface area contributed by atoms with Crippen LogP contribution in [0.3, 0.4) is 0 Å². The molecule has 9 N–H and O–H groups in total. The van der Waals surface area contributed by atoms with E-state index in [0.29, 0.717) is 37.8 Å². The van der Waals surface area contributed by atoms with Crippen LogP contribution in [0.15, 0.2) is 35.3 Å². The summed E-state index contributed by atoms with van der Waals surface area (Å²) in [5.41, 5.74) is 6.05. The van der Waals surface area contributed by atoms with Gasteiger partial charge < -0.3 is 57.1 Å². The van der Waals surface area contributed by atoms with Gasteiger partial charge in [-0.25, -0.2) is 9.79 Å². The third-order valence-corrected chi connectivity index (χ3v) is 10.6. The molecule has 1 aromatic carbocycles. The van der Waals surface area contributed by atoms with Gasteiger partial charge in [-0.3, -0.25) is 33.6 Å². The summed E-state index contributed by atoms with van der Waals surface area (Å²) < 4.78 is 5.41. The fraction of sp³-hybridized carbons (Fsp3) is 0.643. The van der Waals surface area contributed by atoms with Gasteiger partial charge in [0.25, 0.3) is 0 Å². The molecule has 1 aliphatic heterocycles. The van der Waals surface area contributed by atoms with E-state index in [1.165, 1.54) is 0 Å². The van der Waals surface area contributed by atoms with E-state index in [-0.39, 0.29) is 50.5 Å². The molecular weight excluding hydrogens is 807 g/mol. The molecule has 6 amide bonds. The first-order valence-corrected chi connectivity index (χ1v) is 21.3. The summed E-state index contributed by atoms with van der Waals surface area (Å²) in [6.07, 6.45) is 3.06. The standard InChI is InChI=1S/C42H65N9O11/c1-26(2)21-30(38(57)49-33(41(60)61)23-28-13-9-6-10-14-28)46-40(59)32(24-36(54)55)48-39(58)31(22-27-11-7-5-8-12-27)47-37(56)29(15-16-34(43)52)45-35(53)25-44-42(50(3)4)51-17-19-62-20-18-51/h6,9-10,13-14,26-27,29-33H,5,7-8,11-12,15-25H2,1-4H3,(H2,43,52)(H,45,53)(H,46,59)(H,47,56)(H,48,58)(H,49,57)(H,54,55)(H,60,61)/b44-42+/t29-,30-,31-,32-,33?/m0/s1. The number of benzene rings is 1. The van der Waals surface area contributed by atoms with Crippen LogP contribution in [0.1, 0.15) is 83.6 Å². The summed E-state index contributed by atoms with van der Waals surface area (Å²) in [4.78, 5) is 113. The van der Waals surface area contributed by atoms with Crippen molar-refractivity contribution in [1.82, 2.24) is 36.4 Å². The lowest BCUT2D eigenvalue weighted by Gasteiger charge is -2.33. The Morgan fingerprint density at radius 2 is 1.35 bits per heavy atom. The minimum atomic E-state index is -1.71. The molecule has 3 rings (SSSR count). The molecule has 0 aromatic heterocycles. The molecule has 344 valence electrons. The van der Waals surface area contributed by atoms with Gasteiger partial charge in [0, 0.05) is 40.0 Å². The van der Waals surface area contributed by atoms with Gasteiger partial charge in [0.05, 0.1) is 19.6 Å². The van der Waals surface area contributed by atoms with Gasteiger partial charge in [-0.05, 0) is 36.7 Å². The number of primary amides is 1. The summed E-state index contributed by atoms with van der Waals surface area (Å²) in [5.74, 6) is -7.28. The lowest BCUT2D eigenvalue weighted by molar-refractivity contribution is -0.143. The minimum absolute atomic E-state index is 0.0126. The summed E-state index contributed by atoms with van der Waals surface area (Å²) in [6, 6.07) is 1.67. The van der Waals surface area contributed by atoms with Crippen molar-refractivity contribution in [3.8, 4) is 0 Å². The number of carbonyl (C=O) groups is 8. The first-order chi connectivity index (χ1) is 29.4. The summed E-state index contributed by atoms with van der Waals surface area (Å²) in [7, 11) is 3.56. The summed E-state index contributed by atoms with van der Waals surface area (Å²) in [5, 5.41) is 32.4. The number of carboxylic acid groups (broad SMARTS) is 2. The van der Waals surface area contributed by atoms with E-state index in [4.69, 9.17) is 10.5 Å². The SMILES string of the molecule is CC(C)C[C@H](NC(=O)[C@H](CC(=O)O)NC(=O)[C@H](CC1CCCCC1)NC(=O)[C@H](CCC(N)=O)NC(=O)C/N=C(\N(C)C)N1CCOCC1)C(=O)NC(Cc1ccccc1)C(=O)O. The highest BCUT2D eigenvalue weighted by atomic mass is 16.5. The molecule has 0 radical (unpaired) electrons. The number of nitrogens with one attached hydrogen (secondary N) is 5. The zero-order valence-electron chi connectivity index (χ0n) is 36.2. The van der Waals surface area contributed by atoms with Gasteiger partial charge in [0.1, 0.15) is 36.8 Å². The summed E-state index contributed by atoms with van der Waals surface area (Å²) in [6.45, 7) is 5.31. The highest BCUT2D eigenvalue weighted by Gasteiger charge is 2.35. The van der Waals surface area contributed by atoms with E-state index in [0.717, 1.165) is 32.1 Å². The third kappa shape index (κ3) is 18.1. The van der Waals surface area contributed by atoms with Gasteiger partial charge in [-0.15, -0.1) is 0 Å². The quantitative estimate of drug-likeness (QED) is 0.0521. The van der Waals surface area contributed by atoms with E-state index in [1.54, 1.807) is 63.2 Å². The van der Waals surface area contributed by atoms with Crippen LogP contribution in [0.5, 0.6) is 0 Å². The second-order valence-electron chi connectivity index (χ2n) is 16.5. The van der Waals surface area contributed by atoms with Crippen molar-refractivity contribution in [2.75, 3.05) is 46.9 Å². The fourth-order valence-electron chi connectivity index (χ4n) is 7.44. The number of rotatable bonds is 23. The first kappa shape index (κ1) is 50.6. The Bertz CT molecular complexity index is 1710. The zero-order chi connectivity index (χ0) is 45.8. The predicted molar refractivity (Wildman–Crippen MR) is 227 cm³/mol. The topological polar surface area (TPSA) is 291 Å². The average Bonchev–Trinajstić information content (AvgIpc) is 3.21. The Morgan fingerprint density at radius 1 is 0.790 bits per heavy atom. The molecule has 20 nitrogen and oxygen atoms in total. The lowest BCUT2D eigenvalue weighted by Crippen LogP contribution is -2.59. The molecule has 5 atom stereocenters. The van der Waals surface area contributed by atoms with Crippen LogP contribution in [-0.4, -0.2) is 151 Å². The van der Waals surface area contributed by atoms with E-state index >= 15 is 0 Å². The number of morpholine rings is 1. The van der Waals surface area contributed by atoms with Gasteiger partial charge in [0.2, 0.25) is 35.4 Å². The molecule has 1 heterocycles. The molecule has 20 heteroatoms. The summed E-state index contributed by atoms with van der Waals surface area (Å²) >= 11 is 0. The lowest BCUT2D eigenvalue weighted by atomic mass is 9.84. The molecule has 1 aromatic rings. The Balaban J connectivity index is 1.82. The van der Waals surface area contributed by atoms with E-state index in [2.05, 4.69) is 31.6 Å². The molecule has 1 unspecified atom stereocenters. The number of hydrogen-bond donors (Lipinski definition) is 8. The number of aliphatic carboxylic acids is 2. The number of amides is 6. The van der Waals surface area contributed by atoms with Crippen LogP contribution < -0.4 is 32.3 Å². The maximum atomic E-state index is 14.1. The van der Waals surface area contributed by atoms with Gasteiger partial charge in [-0.2, -0.15) is 0 Å². The number of nitrogens with zero attached hydrogens (tertiary/aromatic N) is 3. The van der Waals surface area contributed by atoms with Crippen molar-refractivity contribution in [3.63, 3.8) is 0 Å². The van der Waals surface area contributed by atoms with E-state index < -0.39 is 84.0 Å². The van der Waals surface area contributed by atoms with Gasteiger partial charge in [0.15, 0.2) is 5.96 Å². The average molecular weight is 872 g/mol. The number of guanidine groups is 1. The molecule has 1 aliphatic carbocycles. The maximum absolute atomic E-state index is 14.1. The second kappa shape index (κ2) is 25.9.